The Morgan fingerprint density at radius 1 is 1.45 bits per heavy atom. The number of nitrogens with zero attached hydrogens (tertiary/aromatic N) is 2. The number of fused-ring (bicyclic) bond motifs is 1. The van der Waals surface area contributed by atoms with E-state index in [1.165, 1.54) is 0 Å². The zero-order chi connectivity index (χ0) is 14.1. The van der Waals surface area contributed by atoms with Crippen molar-refractivity contribution in [1.29, 1.82) is 0 Å². The standard InChI is InChI=1S/C16H21N3O/c1-3-19-15-7-5-4-6-13(15)14(18-19)8-16(20)11(2)12-9-17-10-12/h4-7,11-12,17H,3,8-10H2,1-2H3. The van der Waals surface area contributed by atoms with Crippen molar-refractivity contribution in [2.75, 3.05) is 13.1 Å². The van der Waals surface area contributed by atoms with Crippen molar-refractivity contribution in [3.8, 4) is 0 Å². The fourth-order valence-corrected chi connectivity index (χ4v) is 2.82. The van der Waals surface area contributed by atoms with Crippen molar-refractivity contribution >= 4 is 16.7 Å². The van der Waals surface area contributed by atoms with Crippen LogP contribution in [-0.2, 0) is 17.8 Å². The monoisotopic (exact) mass is 271 g/mol. The van der Waals surface area contributed by atoms with Crippen molar-refractivity contribution in [3.63, 3.8) is 0 Å². The lowest BCUT2D eigenvalue weighted by atomic mass is 9.84. The molecule has 1 aliphatic heterocycles. The lowest BCUT2D eigenvalue weighted by molar-refractivity contribution is -0.123. The Morgan fingerprint density at radius 2 is 2.20 bits per heavy atom. The summed E-state index contributed by atoms with van der Waals surface area (Å²) in [7, 11) is 0. The summed E-state index contributed by atoms with van der Waals surface area (Å²) in [4.78, 5) is 12.4. The average molecular weight is 271 g/mol. The molecule has 1 fully saturated rings. The third kappa shape index (κ3) is 2.24. The van der Waals surface area contributed by atoms with E-state index in [2.05, 4.69) is 29.5 Å². The molecule has 4 heteroatoms. The first-order valence-electron chi connectivity index (χ1n) is 7.38. The van der Waals surface area contributed by atoms with E-state index >= 15 is 0 Å². The molecule has 1 unspecified atom stereocenters. The van der Waals surface area contributed by atoms with Crippen molar-refractivity contribution in [1.82, 2.24) is 15.1 Å². The van der Waals surface area contributed by atoms with Gasteiger partial charge in [-0.05, 0) is 32.0 Å². The number of hydrogen-bond donors (Lipinski definition) is 1. The lowest BCUT2D eigenvalue weighted by Gasteiger charge is -2.31. The van der Waals surface area contributed by atoms with Crippen LogP contribution in [0.5, 0.6) is 0 Å². The minimum Gasteiger partial charge on any atom is -0.316 e. The molecule has 1 aliphatic rings. The molecule has 1 saturated heterocycles. The van der Waals surface area contributed by atoms with Gasteiger partial charge in [-0.25, -0.2) is 0 Å². The Kier molecular flexibility index (Phi) is 3.57. The highest BCUT2D eigenvalue weighted by Gasteiger charge is 2.29. The molecule has 1 aromatic carbocycles. The summed E-state index contributed by atoms with van der Waals surface area (Å²) in [6, 6.07) is 8.16. The number of ketones is 1. The Hall–Kier alpha value is -1.68. The van der Waals surface area contributed by atoms with Crippen molar-refractivity contribution in [2.45, 2.75) is 26.8 Å². The number of carbonyl (C=O) groups is 1. The molecule has 1 atom stereocenters. The van der Waals surface area contributed by atoms with Gasteiger partial charge in [0.1, 0.15) is 5.78 Å². The number of aryl methyl sites for hydroxylation is 1. The Labute approximate surface area is 119 Å². The van der Waals surface area contributed by atoms with E-state index in [9.17, 15) is 4.79 Å². The molecule has 20 heavy (non-hydrogen) atoms. The average Bonchev–Trinajstić information content (AvgIpc) is 2.75. The normalized spacial score (nSPS) is 17.1. The topological polar surface area (TPSA) is 46.9 Å². The van der Waals surface area contributed by atoms with Crippen LogP contribution in [0.4, 0.5) is 0 Å². The van der Waals surface area contributed by atoms with E-state index in [1.807, 2.05) is 23.7 Å². The zero-order valence-corrected chi connectivity index (χ0v) is 12.1. The van der Waals surface area contributed by atoms with Crippen molar-refractivity contribution in [3.05, 3.63) is 30.0 Å². The van der Waals surface area contributed by atoms with Crippen molar-refractivity contribution in [2.24, 2.45) is 11.8 Å². The van der Waals surface area contributed by atoms with Crippen LogP contribution in [-0.4, -0.2) is 28.7 Å². The molecule has 0 radical (unpaired) electrons. The molecule has 1 aromatic heterocycles. The van der Waals surface area contributed by atoms with E-state index in [0.717, 1.165) is 36.2 Å². The molecular formula is C16H21N3O. The molecule has 0 aliphatic carbocycles. The van der Waals surface area contributed by atoms with E-state index in [-0.39, 0.29) is 5.92 Å². The van der Waals surface area contributed by atoms with Crippen LogP contribution in [0.15, 0.2) is 24.3 Å². The second-order valence-electron chi connectivity index (χ2n) is 5.63. The number of aromatic nitrogens is 2. The van der Waals surface area contributed by atoms with Gasteiger partial charge in [-0.1, -0.05) is 25.1 Å². The number of carbonyl (C=O) groups excluding carboxylic acids is 1. The highest BCUT2D eigenvalue weighted by Crippen LogP contribution is 2.22. The maximum Gasteiger partial charge on any atom is 0.142 e. The first-order chi connectivity index (χ1) is 9.70. The molecule has 0 amide bonds. The molecule has 4 nitrogen and oxygen atoms in total. The van der Waals surface area contributed by atoms with Gasteiger partial charge >= 0.3 is 0 Å². The van der Waals surface area contributed by atoms with E-state index in [0.29, 0.717) is 18.1 Å². The fourth-order valence-electron chi connectivity index (χ4n) is 2.82. The molecule has 3 rings (SSSR count). The van der Waals surface area contributed by atoms with Gasteiger partial charge in [0.15, 0.2) is 0 Å². The SMILES string of the molecule is CCn1nc(CC(=O)C(C)C2CNC2)c2ccccc21. The van der Waals surface area contributed by atoms with Crippen LogP contribution in [0.25, 0.3) is 10.9 Å². The summed E-state index contributed by atoms with van der Waals surface area (Å²) in [6.45, 7) is 6.89. The molecule has 0 spiro atoms. The van der Waals surface area contributed by atoms with Gasteiger partial charge in [0, 0.05) is 17.8 Å². The van der Waals surface area contributed by atoms with Crippen LogP contribution in [0.2, 0.25) is 0 Å². The summed E-state index contributed by atoms with van der Waals surface area (Å²) < 4.78 is 1.98. The molecule has 0 saturated carbocycles. The van der Waals surface area contributed by atoms with E-state index in [1.54, 1.807) is 0 Å². The quantitative estimate of drug-likeness (QED) is 0.905. The van der Waals surface area contributed by atoms with Gasteiger partial charge in [0.2, 0.25) is 0 Å². The summed E-state index contributed by atoms with van der Waals surface area (Å²) in [5.41, 5.74) is 2.04. The van der Waals surface area contributed by atoms with Gasteiger partial charge in [0.05, 0.1) is 17.6 Å². The molecular weight excluding hydrogens is 250 g/mol. The van der Waals surface area contributed by atoms with Gasteiger partial charge in [-0.3, -0.25) is 9.48 Å². The lowest BCUT2D eigenvalue weighted by Crippen LogP contribution is -2.47. The Balaban J connectivity index is 1.85. The maximum absolute atomic E-state index is 12.4. The Bertz CT molecular complexity index is 628. The van der Waals surface area contributed by atoms with Gasteiger partial charge in [-0.2, -0.15) is 5.10 Å². The highest BCUT2D eigenvalue weighted by atomic mass is 16.1. The van der Waals surface area contributed by atoms with Crippen LogP contribution in [0.3, 0.4) is 0 Å². The van der Waals surface area contributed by atoms with Gasteiger partial charge in [-0.15, -0.1) is 0 Å². The first-order valence-corrected chi connectivity index (χ1v) is 7.38. The first kappa shape index (κ1) is 13.3. The summed E-state index contributed by atoms with van der Waals surface area (Å²) >= 11 is 0. The third-order valence-electron chi connectivity index (χ3n) is 4.40. The number of benzene rings is 1. The maximum atomic E-state index is 12.4. The minimum atomic E-state index is 0.127. The molecule has 1 N–H and O–H groups in total. The Morgan fingerprint density at radius 3 is 2.85 bits per heavy atom. The predicted molar refractivity (Wildman–Crippen MR) is 79.6 cm³/mol. The summed E-state index contributed by atoms with van der Waals surface area (Å²) in [5, 5.41) is 8.96. The van der Waals surface area contributed by atoms with Crippen LogP contribution in [0.1, 0.15) is 19.5 Å². The zero-order valence-electron chi connectivity index (χ0n) is 12.1. The highest BCUT2D eigenvalue weighted by molar-refractivity contribution is 5.89. The van der Waals surface area contributed by atoms with Crippen LogP contribution < -0.4 is 5.32 Å². The second-order valence-corrected chi connectivity index (χ2v) is 5.63. The van der Waals surface area contributed by atoms with Gasteiger partial charge in [0.25, 0.3) is 0 Å². The van der Waals surface area contributed by atoms with E-state index < -0.39 is 0 Å². The molecule has 0 bridgehead atoms. The molecule has 2 heterocycles. The molecule has 106 valence electrons. The smallest absolute Gasteiger partial charge is 0.142 e. The fraction of sp³-hybridized carbons (Fsp3) is 0.500. The summed E-state index contributed by atoms with van der Waals surface area (Å²) in [6.07, 6.45) is 0.450. The third-order valence-corrected chi connectivity index (χ3v) is 4.40. The summed E-state index contributed by atoms with van der Waals surface area (Å²) in [5.74, 6) is 0.937. The predicted octanol–water partition coefficient (Wildman–Crippen LogP) is 2.02. The number of hydrogen-bond acceptors (Lipinski definition) is 3. The van der Waals surface area contributed by atoms with Gasteiger partial charge < -0.3 is 5.32 Å². The largest absolute Gasteiger partial charge is 0.316 e. The minimum absolute atomic E-state index is 0.127. The van der Waals surface area contributed by atoms with Crippen LogP contribution in [0, 0.1) is 11.8 Å². The van der Waals surface area contributed by atoms with E-state index in [4.69, 9.17) is 0 Å². The van der Waals surface area contributed by atoms with Crippen molar-refractivity contribution < 1.29 is 4.79 Å². The number of para-hydroxylation sites is 1. The number of rotatable bonds is 5. The molecule has 2 aromatic rings. The number of Topliss-reactive ketones (excluding diaryl/α,β-unsaturated/α-hetero) is 1. The second kappa shape index (κ2) is 5.37. The van der Waals surface area contributed by atoms with Crippen LogP contribution >= 0.6 is 0 Å². The number of nitrogens with one attached hydrogen (secondary N) is 1.